The van der Waals surface area contributed by atoms with Crippen LogP contribution in [-0.4, -0.2) is 10.2 Å². The zero-order chi connectivity index (χ0) is 12.3. The summed E-state index contributed by atoms with van der Waals surface area (Å²) in [6.07, 6.45) is 1.67. The van der Waals surface area contributed by atoms with E-state index in [1.54, 1.807) is 12.3 Å². The molecule has 2 N–H and O–H groups in total. The second-order valence-electron chi connectivity index (χ2n) is 3.86. The molecule has 0 bridgehead atoms. The van der Waals surface area contributed by atoms with Crippen LogP contribution in [0.5, 0.6) is 0 Å². The molecular formula is C12H13F2N3. The van der Waals surface area contributed by atoms with Crippen molar-refractivity contribution in [1.82, 2.24) is 15.5 Å². The number of hydrogen-bond acceptors (Lipinski definition) is 2. The van der Waals surface area contributed by atoms with E-state index in [2.05, 4.69) is 15.5 Å². The summed E-state index contributed by atoms with van der Waals surface area (Å²) in [5.41, 5.74) is 1.66. The fraction of sp³-hybridized carbons (Fsp3) is 0.250. The van der Waals surface area contributed by atoms with Gasteiger partial charge in [-0.1, -0.05) is 6.07 Å². The van der Waals surface area contributed by atoms with E-state index in [0.717, 1.165) is 11.8 Å². The maximum absolute atomic E-state index is 13.0. The fourth-order valence-electron chi connectivity index (χ4n) is 1.55. The fourth-order valence-corrected chi connectivity index (χ4v) is 1.55. The standard InChI is InChI=1S/C12H13F2N3/c1-8(15-7-10-4-5-16-17-10)9-2-3-11(13)12(14)6-9/h2-6,8,15H,7H2,1H3,(H,16,17). The monoisotopic (exact) mass is 237 g/mol. The van der Waals surface area contributed by atoms with Crippen molar-refractivity contribution in [2.75, 3.05) is 0 Å². The molecular weight excluding hydrogens is 224 g/mol. The van der Waals surface area contributed by atoms with E-state index in [0.29, 0.717) is 12.1 Å². The van der Waals surface area contributed by atoms with E-state index in [-0.39, 0.29) is 6.04 Å². The number of nitrogens with one attached hydrogen (secondary N) is 2. The minimum absolute atomic E-state index is 0.0617. The molecule has 5 heteroatoms. The van der Waals surface area contributed by atoms with Crippen molar-refractivity contribution < 1.29 is 8.78 Å². The van der Waals surface area contributed by atoms with Gasteiger partial charge in [0.1, 0.15) is 0 Å². The highest BCUT2D eigenvalue weighted by Crippen LogP contribution is 2.16. The molecule has 0 saturated heterocycles. The van der Waals surface area contributed by atoms with Gasteiger partial charge < -0.3 is 5.32 Å². The highest BCUT2D eigenvalue weighted by molar-refractivity contribution is 5.20. The summed E-state index contributed by atoms with van der Waals surface area (Å²) >= 11 is 0. The number of H-pyrrole nitrogens is 1. The van der Waals surface area contributed by atoms with Crippen molar-refractivity contribution >= 4 is 0 Å². The van der Waals surface area contributed by atoms with Gasteiger partial charge >= 0.3 is 0 Å². The molecule has 17 heavy (non-hydrogen) atoms. The lowest BCUT2D eigenvalue weighted by molar-refractivity contribution is 0.500. The number of nitrogens with zero attached hydrogens (tertiary/aromatic N) is 1. The van der Waals surface area contributed by atoms with Gasteiger partial charge in [-0.2, -0.15) is 5.10 Å². The summed E-state index contributed by atoms with van der Waals surface area (Å²) in [5.74, 6) is -1.65. The van der Waals surface area contributed by atoms with E-state index < -0.39 is 11.6 Å². The Morgan fingerprint density at radius 1 is 1.29 bits per heavy atom. The first-order valence-corrected chi connectivity index (χ1v) is 5.33. The Balaban J connectivity index is 1.99. The van der Waals surface area contributed by atoms with Crippen LogP contribution in [0.3, 0.4) is 0 Å². The van der Waals surface area contributed by atoms with Crippen molar-refractivity contribution in [3.63, 3.8) is 0 Å². The highest BCUT2D eigenvalue weighted by Gasteiger charge is 2.08. The van der Waals surface area contributed by atoms with Crippen LogP contribution < -0.4 is 5.32 Å². The molecule has 1 unspecified atom stereocenters. The van der Waals surface area contributed by atoms with Crippen LogP contribution in [0.15, 0.2) is 30.5 Å². The Hall–Kier alpha value is -1.75. The molecule has 0 radical (unpaired) electrons. The van der Waals surface area contributed by atoms with Crippen LogP contribution in [-0.2, 0) is 6.54 Å². The van der Waals surface area contributed by atoms with Crippen LogP contribution in [0.2, 0.25) is 0 Å². The molecule has 1 atom stereocenters. The lowest BCUT2D eigenvalue weighted by atomic mass is 10.1. The molecule has 2 aromatic rings. The van der Waals surface area contributed by atoms with Crippen LogP contribution in [0.25, 0.3) is 0 Å². The molecule has 0 fully saturated rings. The molecule has 2 rings (SSSR count). The summed E-state index contributed by atoms with van der Waals surface area (Å²) in [6.45, 7) is 2.49. The second-order valence-corrected chi connectivity index (χ2v) is 3.86. The molecule has 0 aliphatic heterocycles. The minimum Gasteiger partial charge on any atom is -0.305 e. The molecule has 1 aromatic carbocycles. The van der Waals surface area contributed by atoms with Gasteiger partial charge in [0.05, 0.1) is 0 Å². The molecule has 90 valence electrons. The number of aromatic amines is 1. The van der Waals surface area contributed by atoms with Gasteiger partial charge in [0.15, 0.2) is 11.6 Å². The predicted octanol–water partition coefficient (Wildman–Crippen LogP) is 2.54. The largest absolute Gasteiger partial charge is 0.305 e. The number of aromatic nitrogens is 2. The summed E-state index contributed by atoms with van der Waals surface area (Å²) in [6, 6.07) is 5.71. The van der Waals surface area contributed by atoms with Crippen molar-refractivity contribution in [3.05, 3.63) is 53.4 Å². The SMILES string of the molecule is CC(NCc1ccn[nH]1)c1ccc(F)c(F)c1. The summed E-state index contributed by atoms with van der Waals surface area (Å²) in [5, 5.41) is 9.83. The third-order valence-electron chi connectivity index (χ3n) is 2.60. The zero-order valence-corrected chi connectivity index (χ0v) is 9.37. The lowest BCUT2D eigenvalue weighted by Crippen LogP contribution is -2.18. The first-order chi connectivity index (χ1) is 8.16. The quantitative estimate of drug-likeness (QED) is 0.857. The lowest BCUT2D eigenvalue weighted by Gasteiger charge is -2.13. The van der Waals surface area contributed by atoms with E-state index in [1.165, 1.54) is 6.07 Å². The molecule has 0 aliphatic rings. The maximum atomic E-state index is 13.0. The topological polar surface area (TPSA) is 40.7 Å². The molecule has 0 amide bonds. The Labute approximate surface area is 97.9 Å². The average Bonchev–Trinajstić information content (AvgIpc) is 2.82. The van der Waals surface area contributed by atoms with E-state index in [9.17, 15) is 8.78 Å². The van der Waals surface area contributed by atoms with Crippen LogP contribution in [0.4, 0.5) is 8.78 Å². The summed E-state index contributed by atoms with van der Waals surface area (Å²) in [4.78, 5) is 0. The van der Waals surface area contributed by atoms with Gasteiger partial charge in [-0.05, 0) is 30.7 Å². The summed E-state index contributed by atoms with van der Waals surface area (Å²) in [7, 11) is 0. The van der Waals surface area contributed by atoms with Crippen LogP contribution >= 0.6 is 0 Å². The van der Waals surface area contributed by atoms with Gasteiger partial charge in [0.2, 0.25) is 0 Å². The number of hydrogen-bond donors (Lipinski definition) is 2. The molecule has 0 saturated carbocycles. The van der Waals surface area contributed by atoms with Gasteiger partial charge in [-0.3, -0.25) is 5.10 Å². The van der Waals surface area contributed by atoms with E-state index >= 15 is 0 Å². The Morgan fingerprint density at radius 3 is 2.76 bits per heavy atom. The molecule has 1 heterocycles. The summed E-state index contributed by atoms with van der Waals surface area (Å²) < 4.78 is 25.8. The third kappa shape index (κ3) is 2.88. The van der Waals surface area contributed by atoms with Crippen molar-refractivity contribution in [1.29, 1.82) is 0 Å². The van der Waals surface area contributed by atoms with Crippen molar-refractivity contribution in [3.8, 4) is 0 Å². The van der Waals surface area contributed by atoms with E-state index in [1.807, 2.05) is 13.0 Å². The smallest absolute Gasteiger partial charge is 0.159 e. The Bertz CT molecular complexity index is 483. The van der Waals surface area contributed by atoms with E-state index in [4.69, 9.17) is 0 Å². The highest BCUT2D eigenvalue weighted by atomic mass is 19.2. The Morgan fingerprint density at radius 2 is 2.12 bits per heavy atom. The second kappa shape index (κ2) is 5.05. The first kappa shape index (κ1) is 11.7. The molecule has 3 nitrogen and oxygen atoms in total. The van der Waals surface area contributed by atoms with Crippen molar-refractivity contribution in [2.24, 2.45) is 0 Å². The number of rotatable bonds is 4. The zero-order valence-electron chi connectivity index (χ0n) is 9.37. The van der Waals surface area contributed by atoms with Gasteiger partial charge in [0, 0.05) is 24.5 Å². The van der Waals surface area contributed by atoms with Gasteiger partial charge in [-0.15, -0.1) is 0 Å². The maximum Gasteiger partial charge on any atom is 0.159 e. The Kier molecular flexibility index (Phi) is 3.49. The molecule has 0 aliphatic carbocycles. The van der Waals surface area contributed by atoms with Crippen LogP contribution in [0.1, 0.15) is 24.2 Å². The van der Waals surface area contributed by atoms with Gasteiger partial charge in [0.25, 0.3) is 0 Å². The normalized spacial score (nSPS) is 12.6. The predicted molar refractivity (Wildman–Crippen MR) is 60.2 cm³/mol. The minimum atomic E-state index is -0.825. The molecule has 1 aromatic heterocycles. The van der Waals surface area contributed by atoms with Crippen LogP contribution in [0, 0.1) is 11.6 Å². The van der Waals surface area contributed by atoms with Crippen molar-refractivity contribution in [2.45, 2.75) is 19.5 Å². The number of benzene rings is 1. The number of halogens is 2. The average molecular weight is 237 g/mol. The third-order valence-corrected chi connectivity index (χ3v) is 2.60. The van der Waals surface area contributed by atoms with Gasteiger partial charge in [-0.25, -0.2) is 8.78 Å². The first-order valence-electron chi connectivity index (χ1n) is 5.33. The molecule has 0 spiro atoms.